The van der Waals surface area contributed by atoms with Gasteiger partial charge in [-0.2, -0.15) is 0 Å². The van der Waals surface area contributed by atoms with E-state index in [2.05, 4.69) is 87.1 Å². The van der Waals surface area contributed by atoms with E-state index < -0.39 is 0 Å². The molecule has 1 aliphatic carbocycles. The van der Waals surface area contributed by atoms with Crippen LogP contribution in [0.15, 0.2) is 54.7 Å². The van der Waals surface area contributed by atoms with Gasteiger partial charge in [0, 0.05) is 6.07 Å². The highest BCUT2D eigenvalue weighted by Crippen LogP contribution is 2.51. The lowest BCUT2D eigenvalue weighted by molar-refractivity contribution is -0.659. The molecule has 0 spiro atoms. The van der Waals surface area contributed by atoms with Crippen molar-refractivity contribution in [2.45, 2.75) is 65.2 Å². The Labute approximate surface area is 197 Å². The maximum Gasteiger partial charge on any atom is 0.228 e. The van der Waals surface area contributed by atoms with Gasteiger partial charge in [0.25, 0.3) is 0 Å². The number of pyridine rings is 1. The molecule has 0 amide bonds. The minimum atomic E-state index is 0.566. The number of hydrogen-bond donors (Lipinski definition) is 0. The van der Waals surface area contributed by atoms with Gasteiger partial charge in [0.1, 0.15) is 18.5 Å². The highest BCUT2D eigenvalue weighted by molar-refractivity contribution is 6.05. The Bertz CT molecular complexity index is 1390. The second-order valence-electron chi connectivity index (χ2n) is 10.4. The first-order valence-corrected chi connectivity index (χ1v) is 12.7. The fraction of sp³-hybridized carbons (Fsp3) is 0.387. The summed E-state index contributed by atoms with van der Waals surface area (Å²) in [4.78, 5) is 0. The summed E-state index contributed by atoms with van der Waals surface area (Å²) in [6.07, 6.45) is 10.1. The molecule has 2 heterocycles. The van der Waals surface area contributed by atoms with Gasteiger partial charge in [-0.05, 0) is 83.4 Å². The van der Waals surface area contributed by atoms with Gasteiger partial charge in [0.2, 0.25) is 5.69 Å². The van der Waals surface area contributed by atoms with Gasteiger partial charge >= 0.3 is 0 Å². The normalized spacial score (nSPS) is 17.2. The van der Waals surface area contributed by atoms with E-state index in [0.29, 0.717) is 11.3 Å². The van der Waals surface area contributed by atoms with Crippen molar-refractivity contribution in [3.63, 3.8) is 0 Å². The Morgan fingerprint density at radius 2 is 1.70 bits per heavy atom. The molecule has 0 unspecified atom stereocenters. The van der Waals surface area contributed by atoms with E-state index in [0.717, 1.165) is 11.5 Å². The molecule has 0 radical (unpaired) electrons. The molecule has 1 fully saturated rings. The summed E-state index contributed by atoms with van der Waals surface area (Å²) < 4.78 is 8.96. The summed E-state index contributed by atoms with van der Waals surface area (Å²) in [7, 11) is 2.16. The third-order valence-electron chi connectivity index (χ3n) is 8.97. The van der Waals surface area contributed by atoms with Gasteiger partial charge in [0.05, 0.1) is 10.9 Å². The Morgan fingerprint density at radius 3 is 2.45 bits per heavy atom. The van der Waals surface area contributed by atoms with Crippen LogP contribution in [0.5, 0.6) is 11.5 Å². The van der Waals surface area contributed by atoms with Crippen molar-refractivity contribution in [1.82, 2.24) is 0 Å². The fourth-order valence-corrected chi connectivity index (χ4v) is 6.62. The predicted molar refractivity (Wildman–Crippen MR) is 137 cm³/mol. The number of rotatable bonds is 3. The Balaban J connectivity index is 1.50. The molecule has 2 nitrogen and oxygen atoms in total. The van der Waals surface area contributed by atoms with E-state index >= 15 is 0 Å². The molecule has 2 heteroatoms. The van der Waals surface area contributed by atoms with Crippen molar-refractivity contribution >= 4 is 21.5 Å². The number of hydrogen-bond acceptors (Lipinski definition) is 1. The van der Waals surface area contributed by atoms with Crippen LogP contribution in [-0.2, 0) is 7.05 Å². The second kappa shape index (κ2) is 7.58. The minimum absolute atomic E-state index is 0.566. The van der Waals surface area contributed by atoms with Crippen molar-refractivity contribution in [3.8, 4) is 22.8 Å². The van der Waals surface area contributed by atoms with E-state index in [1.54, 1.807) is 0 Å². The van der Waals surface area contributed by atoms with Crippen LogP contribution in [0.4, 0.5) is 0 Å². The standard InChI is InChI=1S/C31H34NO/c1-5-31(6-2)14-11-21(12-15-31)24-17-23-13-16-32(4)30-28-20(3)25-10-8-7-9-22(25)18-26(28)33-27(19-24)29(23)30/h7-10,13,16-19,21H,5-6,11-12,14-15H2,1-4H3/q+1. The first-order valence-electron chi connectivity index (χ1n) is 12.7. The van der Waals surface area contributed by atoms with Gasteiger partial charge in [-0.3, -0.25) is 0 Å². The van der Waals surface area contributed by atoms with Crippen molar-refractivity contribution in [2.75, 3.05) is 0 Å². The molecule has 1 saturated carbocycles. The Morgan fingerprint density at radius 1 is 0.939 bits per heavy atom. The zero-order chi connectivity index (χ0) is 22.7. The number of fused-ring (bicyclic) bond motifs is 3. The van der Waals surface area contributed by atoms with Gasteiger partial charge in [-0.25, -0.2) is 4.57 Å². The van der Waals surface area contributed by atoms with Gasteiger partial charge < -0.3 is 4.74 Å². The van der Waals surface area contributed by atoms with E-state index in [9.17, 15) is 0 Å². The number of aromatic nitrogens is 1. The van der Waals surface area contributed by atoms with Crippen LogP contribution in [0.1, 0.15) is 69.4 Å². The smallest absolute Gasteiger partial charge is 0.228 e. The van der Waals surface area contributed by atoms with Crippen LogP contribution in [0.25, 0.3) is 32.8 Å². The lowest BCUT2D eigenvalue weighted by Gasteiger charge is -2.39. The molecule has 1 aromatic heterocycles. The third kappa shape index (κ3) is 3.10. The van der Waals surface area contributed by atoms with Gasteiger partial charge in [0.15, 0.2) is 6.20 Å². The Hall–Kier alpha value is -2.87. The first-order chi connectivity index (χ1) is 16.0. The summed E-state index contributed by atoms with van der Waals surface area (Å²) in [6, 6.07) is 17.9. The zero-order valence-electron chi connectivity index (χ0n) is 20.4. The average molecular weight is 437 g/mol. The van der Waals surface area contributed by atoms with Crippen LogP contribution >= 0.6 is 0 Å². The molecule has 2 aliphatic rings. The summed E-state index contributed by atoms with van der Waals surface area (Å²) in [6.45, 7) is 6.99. The van der Waals surface area contributed by atoms with Crippen LogP contribution < -0.4 is 9.30 Å². The van der Waals surface area contributed by atoms with Crippen LogP contribution in [0, 0.1) is 12.3 Å². The molecular formula is C31H34NO+. The maximum atomic E-state index is 6.69. The molecule has 0 atom stereocenters. The summed E-state index contributed by atoms with van der Waals surface area (Å²) in [5, 5.41) is 5.10. The maximum absolute atomic E-state index is 6.69. The zero-order valence-corrected chi connectivity index (χ0v) is 20.4. The topological polar surface area (TPSA) is 13.1 Å². The summed E-state index contributed by atoms with van der Waals surface area (Å²) in [5.41, 5.74) is 5.83. The van der Waals surface area contributed by atoms with Gasteiger partial charge in [-0.15, -0.1) is 0 Å². The van der Waals surface area contributed by atoms with E-state index in [1.807, 2.05) is 0 Å². The van der Waals surface area contributed by atoms with Crippen molar-refractivity contribution < 1.29 is 9.30 Å². The number of nitrogens with zero attached hydrogens (tertiary/aromatic N) is 1. The van der Waals surface area contributed by atoms with E-state index in [-0.39, 0.29) is 0 Å². The largest absolute Gasteiger partial charge is 0.456 e. The lowest BCUT2D eigenvalue weighted by atomic mass is 9.66. The number of benzene rings is 3. The second-order valence-corrected chi connectivity index (χ2v) is 10.4. The third-order valence-corrected chi connectivity index (χ3v) is 8.97. The predicted octanol–water partition coefficient (Wildman–Crippen LogP) is 8.36. The van der Waals surface area contributed by atoms with E-state index in [4.69, 9.17) is 4.74 Å². The monoisotopic (exact) mass is 436 g/mol. The molecule has 0 N–H and O–H groups in total. The average Bonchev–Trinajstić information content (AvgIpc) is 2.85. The van der Waals surface area contributed by atoms with Crippen LogP contribution in [0.3, 0.4) is 0 Å². The van der Waals surface area contributed by atoms with E-state index in [1.165, 1.54) is 82.5 Å². The van der Waals surface area contributed by atoms with Gasteiger partial charge in [-0.1, -0.05) is 57.0 Å². The molecule has 0 saturated heterocycles. The Kier molecular flexibility index (Phi) is 4.76. The SMILES string of the molecule is CCC1(CC)CCC(c2cc3c4c([n+](C)ccc4c2)-c2c(cc4ccccc4c2C)O3)CC1. The van der Waals surface area contributed by atoms with Crippen molar-refractivity contribution in [3.05, 3.63) is 65.9 Å². The fourth-order valence-electron chi connectivity index (χ4n) is 6.62. The molecule has 0 bridgehead atoms. The molecule has 3 aromatic carbocycles. The highest BCUT2D eigenvalue weighted by atomic mass is 16.5. The minimum Gasteiger partial charge on any atom is -0.456 e. The lowest BCUT2D eigenvalue weighted by Crippen LogP contribution is -2.32. The quantitative estimate of drug-likeness (QED) is 0.259. The number of ether oxygens (including phenoxy) is 1. The molecule has 33 heavy (non-hydrogen) atoms. The molecule has 4 aromatic rings. The molecule has 1 aliphatic heterocycles. The van der Waals surface area contributed by atoms with Crippen LogP contribution in [-0.4, -0.2) is 0 Å². The van der Waals surface area contributed by atoms with Crippen molar-refractivity contribution in [2.24, 2.45) is 12.5 Å². The molecule has 168 valence electrons. The first kappa shape index (κ1) is 20.7. The highest BCUT2D eigenvalue weighted by Gasteiger charge is 2.35. The molecular weight excluding hydrogens is 402 g/mol. The van der Waals surface area contributed by atoms with Crippen molar-refractivity contribution in [1.29, 1.82) is 0 Å². The van der Waals surface area contributed by atoms with Crippen LogP contribution in [0.2, 0.25) is 0 Å². The molecule has 6 rings (SSSR count). The summed E-state index contributed by atoms with van der Waals surface area (Å²) in [5.74, 6) is 2.65. The number of aryl methyl sites for hydroxylation is 2. The summed E-state index contributed by atoms with van der Waals surface area (Å²) >= 11 is 0.